The van der Waals surface area contributed by atoms with Crippen molar-refractivity contribution in [3.05, 3.63) is 29.3 Å². The molecule has 0 bridgehead atoms. The Morgan fingerprint density at radius 1 is 1.41 bits per heavy atom. The summed E-state index contributed by atoms with van der Waals surface area (Å²) in [6.07, 6.45) is 2.50. The average Bonchev–Trinajstić information content (AvgIpc) is 2.35. The van der Waals surface area contributed by atoms with E-state index in [0.29, 0.717) is 6.04 Å². The van der Waals surface area contributed by atoms with Crippen molar-refractivity contribution in [3.63, 3.8) is 0 Å². The minimum Gasteiger partial charge on any atom is -0.323 e. The van der Waals surface area contributed by atoms with Crippen molar-refractivity contribution in [2.24, 2.45) is 5.73 Å². The van der Waals surface area contributed by atoms with Crippen LogP contribution in [0.2, 0.25) is 0 Å². The Kier molecular flexibility index (Phi) is 4.48. The molecule has 1 aromatic rings. The Hall–Kier alpha value is -0.510. The zero-order valence-electron chi connectivity index (χ0n) is 10.7. The van der Waals surface area contributed by atoms with E-state index in [1.165, 1.54) is 34.6 Å². The molecule has 94 valence electrons. The van der Waals surface area contributed by atoms with E-state index in [0.717, 1.165) is 6.54 Å². The van der Waals surface area contributed by atoms with Crippen molar-refractivity contribution < 1.29 is 0 Å². The predicted octanol–water partition coefficient (Wildman–Crippen LogP) is 2.72. The van der Waals surface area contributed by atoms with Crippen LogP contribution in [0.5, 0.6) is 0 Å². The number of hydrogen-bond acceptors (Lipinski definition) is 3. The first kappa shape index (κ1) is 12.9. The summed E-state index contributed by atoms with van der Waals surface area (Å²) in [5.74, 6) is 1.26. The fraction of sp³-hybridized carbons (Fsp3) is 0.571. The molecular weight excluding hydrogens is 228 g/mol. The maximum absolute atomic E-state index is 6.21. The molecule has 1 unspecified atom stereocenters. The highest BCUT2D eigenvalue weighted by Gasteiger charge is 2.13. The van der Waals surface area contributed by atoms with Gasteiger partial charge in [-0.05, 0) is 35.8 Å². The zero-order valence-corrected chi connectivity index (χ0v) is 11.5. The van der Waals surface area contributed by atoms with Crippen LogP contribution in [-0.2, 0) is 6.42 Å². The van der Waals surface area contributed by atoms with Crippen LogP contribution in [0, 0.1) is 0 Å². The predicted molar refractivity (Wildman–Crippen MR) is 75.6 cm³/mol. The third-order valence-corrected chi connectivity index (χ3v) is 4.31. The number of rotatable bonds is 4. The topological polar surface area (TPSA) is 38.0 Å². The lowest BCUT2D eigenvalue weighted by atomic mass is 10.0. The molecule has 0 fully saturated rings. The maximum atomic E-state index is 6.21. The van der Waals surface area contributed by atoms with Crippen LogP contribution in [0.15, 0.2) is 23.1 Å². The van der Waals surface area contributed by atoms with E-state index in [4.69, 9.17) is 5.73 Å². The standard InChI is InChI=1S/C14H22N2S/c1-10(2)16-9-13(15)11-5-6-14-12(8-11)4-3-7-17-14/h5-6,8,10,13,16H,3-4,7,9,15H2,1-2H3. The fourth-order valence-corrected chi connectivity index (χ4v) is 3.11. The van der Waals surface area contributed by atoms with Crippen LogP contribution in [0.1, 0.15) is 37.4 Å². The Morgan fingerprint density at radius 2 is 2.24 bits per heavy atom. The summed E-state index contributed by atoms with van der Waals surface area (Å²) in [4.78, 5) is 1.45. The molecule has 0 saturated carbocycles. The number of thioether (sulfide) groups is 1. The molecule has 0 radical (unpaired) electrons. The molecular formula is C14H22N2S. The van der Waals surface area contributed by atoms with E-state index in [1.54, 1.807) is 0 Å². The largest absolute Gasteiger partial charge is 0.323 e. The van der Waals surface area contributed by atoms with Gasteiger partial charge in [-0.2, -0.15) is 0 Å². The van der Waals surface area contributed by atoms with Gasteiger partial charge in [0, 0.05) is 23.5 Å². The second-order valence-corrected chi connectivity index (χ2v) is 6.13. The highest BCUT2D eigenvalue weighted by atomic mass is 32.2. The molecule has 0 aromatic heterocycles. The second-order valence-electron chi connectivity index (χ2n) is 4.99. The van der Waals surface area contributed by atoms with Crippen LogP contribution < -0.4 is 11.1 Å². The number of nitrogens with two attached hydrogens (primary N) is 1. The SMILES string of the molecule is CC(C)NCC(N)c1ccc2c(c1)CCCS2. The van der Waals surface area contributed by atoms with Crippen LogP contribution in [0.3, 0.4) is 0 Å². The lowest BCUT2D eigenvalue weighted by Gasteiger charge is -2.20. The Balaban J connectivity index is 2.05. The van der Waals surface area contributed by atoms with E-state index < -0.39 is 0 Å². The fourth-order valence-electron chi connectivity index (χ4n) is 2.09. The summed E-state index contributed by atoms with van der Waals surface area (Å²) in [6, 6.07) is 7.32. The molecule has 2 nitrogen and oxygen atoms in total. The molecule has 1 aliphatic rings. The van der Waals surface area contributed by atoms with Crippen molar-refractivity contribution in [3.8, 4) is 0 Å². The van der Waals surface area contributed by atoms with Gasteiger partial charge < -0.3 is 11.1 Å². The molecule has 1 heterocycles. The van der Waals surface area contributed by atoms with Gasteiger partial charge in [0.1, 0.15) is 0 Å². The van der Waals surface area contributed by atoms with Gasteiger partial charge in [-0.3, -0.25) is 0 Å². The van der Waals surface area contributed by atoms with Crippen molar-refractivity contribution in [2.75, 3.05) is 12.3 Å². The van der Waals surface area contributed by atoms with E-state index in [-0.39, 0.29) is 6.04 Å². The monoisotopic (exact) mass is 250 g/mol. The van der Waals surface area contributed by atoms with Crippen LogP contribution in [0.4, 0.5) is 0 Å². The van der Waals surface area contributed by atoms with Gasteiger partial charge >= 0.3 is 0 Å². The summed E-state index contributed by atoms with van der Waals surface area (Å²) in [5, 5.41) is 3.39. The van der Waals surface area contributed by atoms with Crippen LogP contribution in [-0.4, -0.2) is 18.3 Å². The highest BCUT2D eigenvalue weighted by molar-refractivity contribution is 7.99. The maximum Gasteiger partial charge on any atom is 0.0421 e. The highest BCUT2D eigenvalue weighted by Crippen LogP contribution is 2.31. The van der Waals surface area contributed by atoms with E-state index in [1.807, 2.05) is 11.8 Å². The third kappa shape index (κ3) is 3.47. The minimum absolute atomic E-state index is 0.106. The van der Waals surface area contributed by atoms with Crippen molar-refractivity contribution in [1.82, 2.24) is 5.32 Å². The summed E-state index contributed by atoms with van der Waals surface area (Å²) in [5.41, 5.74) is 8.96. The molecule has 1 aromatic carbocycles. The molecule has 3 N–H and O–H groups in total. The molecule has 17 heavy (non-hydrogen) atoms. The second kappa shape index (κ2) is 5.89. The van der Waals surface area contributed by atoms with E-state index >= 15 is 0 Å². The lowest BCUT2D eigenvalue weighted by molar-refractivity contribution is 0.537. The van der Waals surface area contributed by atoms with Gasteiger partial charge in [0.05, 0.1) is 0 Å². The van der Waals surface area contributed by atoms with Crippen molar-refractivity contribution >= 4 is 11.8 Å². The molecule has 2 rings (SSSR count). The van der Waals surface area contributed by atoms with Crippen LogP contribution in [0.25, 0.3) is 0 Å². The van der Waals surface area contributed by atoms with Crippen molar-refractivity contribution in [1.29, 1.82) is 0 Å². The number of nitrogens with one attached hydrogen (secondary N) is 1. The van der Waals surface area contributed by atoms with Gasteiger partial charge in [0.15, 0.2) is 0 Å². The normalized spacial score (nSPS) is 16.9. The molecule has 0 amide bonds. The molecule has 0 aliphatic carbocycles. The van der Waals surface area contributed by atoms with Gasteiger partial charge in [0.25, 0.3) is 0 Å². The first-order chi connectivity index (χ1) is 8.16. The third-order valence-electron chi connectivity index (χ3n) is 3.11. The van der Waals surface area contributed by atoms with Gasteiger partial charge in [-0.1, -0.05) is 26.0 Å². The first-order valence-electron chi connectivity index (χ1n) is 6.41. The summed E-state index contributed by atoms with van der Waals surface area (Å²) in [7, 11) is 0. The summed E-state index contributed by atoms with van der Waals surface area (Å²) in [6.45, 7) is 5.15. The molecule has 1 atom stereocenters. The molecule has 3 heteroatoms. The Labute approximate surface area is 108 Å². The Bertz CT molecular complexity index is 376. The zero-order chi connectivity index (χ0) is 12.3. The summed E-state index contributed by atoms with van der Waals surface area (Å²) >= 11 is 1.97. The average molecular weight is 250 g/mol. The molecule has 0 saturated heterocycles. The minimum atomic E-state index is 0.106. The Morgan fingerprint density at radius 3 is 3.00 bits per heavy atom. The lowest BCUT2D eigenvalue weighted by Crippen LogP contribution is -2.31. The van der Waals surface area contributed by atoms with Crippen molar-refractivity contribution in [2.45, 2.75) is 43.7 Å². The summed E-state index contributed by atoms with van der Waals surface area (Å²) < 4.78 is 0. The van der Waals surface area contributed by atoms with Crippen LogP contribution >= 0.6 is 11.8 Å². The number of aryl methyl sites for hydroxylation is 1. The van der Waals surface area contributed by atoms with Gasteiger partial charge in [-0.25, -0.2) is 0 Å². The number of hydrogen-bond donors (Lipinski definition) is 2. The number of benzene rings is 1. The van der Waals surface area contributed by atoms with Gasteiger partial charge in [0.2, 0.25) is 0 Å². The van der Waals surface area contributed by atoms with E-state index in [9.17, 15) is 0 Å². The van der Waals surface area contributed by atoms with E-state index in [2.05, 4.69) is 37.4 Å². The molecule has 1 aliphatic heterocycles. The first-order valence-corrected chi connectivity index (χ1v) is 7.40. The smallest absolute Gasteiger partial charge is 0.0421 e. The molecule has 0 spiro atoms. The van der Waals surface area contributed by atoms with Gasteiger partial charge in [-0.15, -0.1) is 11.8 Å². The quantitative estimate of drug-likeness (QED) is 0.863. The number of fused-ring (bicyclic) bond motifs is 1.